The maximum Gasteiger partial charge on any atom is 0.345 e. The van der Waals surface area contributed by atoms with Crippen molar-refractivity contribution >= 4 is 0 Å². The zero-order valence-corrected chi connectivity index (χ0v) is 4.24. The van der Waals surface area contributed by atoms with Crippen molar-refractivity contribution in [3.8, 4) is 0 Å². The molecule has 4 heteroatoms. The van der Waals surface area contributed by atoms with Gasteiger partial charge in [-0.1, -0.05) is 6.58 Å². The number of aliphatic hydroxyl groups is 3. The van der Waals surface area contributed by atoms with Crippen molar-refractivity contribution in [2.45, 2.75) is 5.97 Å². The third-order valence-corrected chi connectivity index (χ3v) is 0.478. The third-order valence-electron chi connectivity index (χ3n) is 0.478. The Bertz CT molecular complexity index is 78.1. The van der Waals surface area contributed by atoms with E-state index in [4.69, 9.17) is 15.3 Å². The van der Waals surface area contributed by atoms with Crippen LogP contribution in [0.3, 0.4) is 0 Å². The minimum atomic E-state index is -2.47. The molecule has 0 bridgehead atoms. The highest BCUT2D eigenvalue weighted by Crippen LogP contribution is 1.98. The summed E-state index contributed by atoms with van der Waals surface area (Å²) < 4.78 is 4.00. The Morgan fingerprint density at radius 1 is 1.62 bits per heavy atom. The summed E-state index contributed by atoms with van der Waals surface area (Å²) in [7, 11) is 0. The highest BCUT2D eigenvalue weighted by Gasteiger charge is 2.20. The average molecular weight is 120 g/mol. The maximum absolute atomic E-state index is 8.34. The van der Waals surface area contributed by atoms with E-state index >= 15 is 0 Å². The lowest BCUT2D eigenvalue weighted by Gasteiger charge is -2.15. The molecule has 3 N–H and O–H groups in total. The fourth-order valence-electron chi connectivity index (χ4n) is 0.171. The van der Waals surface area contributed by atoms with E-state index in [1.54, 1.807) is 0 Å². The molecule has 0 saturated carbocycles. The summed E-state index contributed by atoms with van der Waals surface area (Å²) >= 11 is 0. The molecule has 0 spiro atoms. The van der Waals surface area contributed by atoms with Crippen LogP contribution < -0.4 is 0 Å². The van der Waals surface area contributed by atoms with Crippen molar-refractivity contribution in [2.75, 3.05) is 6.61 Å². The Hall–Kier alpha value is -0.580. The number of hydrogen-bond donors (Lipinski definition) is 3. The topological polar surface area (TPSA) is 69.9 Å². The second-order valence-electron chi connectivity index (χ2n) is 1.19. The molecule has 0 fully saturated rings. The van der Waals surface area contributed by atoms with Gasteiger partial charge in [-0.25, -0.2) is 0 Å². The van der Waals surface area contributed by atoms with Crippen LogP contribution in [0.15, 0.2) is 12.8 Å². The summed E-state index contributed by atoms with van der Waals surface area (Å²) in [6.07, 6.45) is 0.830. The van der Waals surface area contributed by atoms with Crippen LogP contribution in [0, 0.1) is 0 Å². The lowest BCUT2D eigenvalue weighted by molar-refractivity contribution is -0.328. The minimum absolute atomic E-state index is 0.830. The van der Waals surface area contributed by atoms with E-state index in [0.29, 0.717) is 0 Å². The molecule has 0 aromatic carbocycles. The molecule has 0 atom stereocenters. The zero-order valence-electron chi connectivity index (χ0n) is 4.24. The summed E-state index contributed by atoms with van der Waals surface area (Å²) in [5.41, 5.74) is 0. The standard InChI is InChI=1S/C4H8O4/c1-2-8-4(6,7)3-5/h2,5-7H,1,3H2. The molecule has 0 aliphatic carbocycles. The molecule has 0 aliphatic heterocycles. The Balaban J connectivity index is 3.53. The fraction of sp³-hybridized carbons (Fsp3) is 0.500. The van der Waals surface area contributed by atoms with Crippen LogP contribution in [0.1, 0.15) is 0 Å². The second-order valence-corrected chi connectivity index (χ2v) is 1.19. The Kier molecular flexibility index (Phi) is 2.47. The van der Waals surface area contributed by atoms with E-state index in [1.807, 2.05) is 0 Å². The van der Waals surface area contributed by atoms with Gasteiger partial charge in [-0.15, -0.1) is 0 Å². The maximum atomic E-state index is 8.34. The van der Waals surface area contributed by atoms with Crippen molar-refractivity contribution < 1.29 is 20.1 Å². The van der Waals surface area contributed by atoms with Crippen molar-refractivity contribution in [1.82, 2.24) is 0 Å². The minimum Gasteiger partial charge on any atom is -0.446 e. The fourth-order valence-corrected chi connectivity index (χ4v) is 0.171. The molecular weight excluding hydrogens is 112 g/mol. The van der Waals surface area contributed by atoms with Crippen molar-refractivity contribution in [3.05, 3.63) is 12.8 Å². The van der Waals surface area contributed by atoms with Crippen molar-refractivity contribution in [2.24, 2.45) is 0 Å². The summed E-state index contributed by atoms with van der Waals surface area (Å²) in [5, 5.41) is 24.7. The van der Waals surface area contributed by atoms with Crippen LogP contribution >= 0.6 is 0 Å². The predicted octanol–water partition coefficient (Wildman–Crippen LogP) is -1.22. The predicted molar refractivity (Wildman–Crippen MR) is 25.5 cm³/mol. The average Bonchev–Trinajstić information content (AvgIpc) is 1.67. The Morgan fingerprint density at radius 2 is 2.12 bits per heavy atom. The quantitative estimate of drug-likeness (QED) is 0.322. The number of rotatable bonds is 3. The molecule has 0 aromatic rings. The Labute approximate surface area is 46.6 Å². The smallest absolute Gasteiger partial charge is 0.345 e. The van der Waals surface area contributed by atoms with Crippen LogP contribution in [0.25, 0.3) is 0 Å². The molecule has 0 saturated heterocycles. The van der Waals surface area contributed by atoms with Crippen molar-refractivity contribution in [1.29, 1.82) is 0 Å². The first kappa shape index (κ1) is 7.42. The van der Waals surface area contributed by atoms with Gasteiger partial charge in [0.1, 0.15) is 6.61 Å². The number of aliphatic hydroxyl groups excluding tert-OH is 1. The molecular formula is C4H8O4. The molecule has 4 nitrogen and oxygen atoms in total. The lowest BCUT2D eigenvalue weighted by Crippen LogP contribution is -2.33. The van der Waals surface area contributed by atoms with E-state index in [1.165, 1.54) is 0 Å². The molecule has 48 valence electrons. The van der Waals surface area contributed by atoms with Gasteiger partial charge in [0.2, 0.25) is 0 Å². The molecule has 0 aromatic heterocycles. The highest BCUT2D eigenvalue weighted by molar-refractivity contribution is 4.55. The van der Waals surface area contributed by atoms with Crippen LogP contribution in [0.2, 0.25) is 0 Å². The molecule has 0 rings (SSSR count). The van der Waals surface area contributed by atoms with Crippen LogP contribution in [0.5, 0.6) is 0 Å². The van der Waals surface area contributed by atoms with E-state index in [-0.39, 0.29) is 0 Å². The monoisotopic (exact) mass is 120 g/mol. The van der Waals surface area contributed by atoms with Gasteiger partial charge in [-0.3, -0.25) is 0 Å². The third kappa shape index (κ3) is 2.57. The molecule has 8 heavy (non-hydrogen) atoms. The van der Waals surface area contributed by atoms with Crippen molar-refractivity contribution in [3.63, 3.8) is 0 Å². The van der Waals surface area contributed by atoms with E-state index in [0.717, 1.165) is 6.26 Å². The molecule has 0 amide bonds. The summed E-state index contributed by atoms with van der Waals surface area (Å²) in [5.74, 6) is -2.47. The van der Waals surface area contributed by atoms with E-state index in [9.17, 15) is 0 Å². The van der Waals surface area contributed by atoms with Gasteiger partial charge >= 0.3 is 5.97 Å². The highest BCUT2D eigenvalue weighted by atomic mass is 16.8. The number of hydrogen-bond acceptors (Lipinski definition) is 4. The summed E-state index contributed by atoms with van der Waals surface area (Å²) in [6.45, 7) is 2.16. The van der Waals surface area contributed by atoms with Gasteiger partial charge in [0, 0.05) is 0 Å². The SMILES string of the molecule is C=COC(O)(O)CO. The first-order chi connectivity index (χ1) is 3.62. The van der Waals surface area contributed by atoms with E-state index < -0.39 is 12.6 Å². The van der Waals surface area contributed by atoms with E-state index in [2.05, 4.69) is 11.3 Å². The lowest BCUT2D eigenvalue weighted by atomic mass is 10.6. The van der Waals surface area contributed by atoms with Gasteiger partial charge in [0.15, 0.2) is 0 Å². The van der Waals surface area contributed by atoms with Gasteiger partial charge in [0.25, 0.3) is 0 Å². The van der Waals surface area contributed by atoms with Crippen LogP contribution in [-0.4, -0.2) is 27.9 Å². The van der Waals surface area contributed by atoms with Crippen LogP contribution in [-0.2, 0) is 4.74 Å². The molecule has 0 unspecified atom stereocenters. The summed E-state index contributed by atoms with van der Waals surface area (Å²) in [6, 6.07) is 0. The molecule has 0 radical (unpaired) electrons. The summed E-state index contributed by atoms with van der Waals surface area (Å²) in [4.78, 5) is 0. The molecule has 0 aliphatic rings. The van der Waals surface area contributed by atoms with Gasteiger partial charge in [0.05, 0.1) is 6.26 Å². The normalized spacial score (nSPS) is 10.9. The van der Waals surface area contributed by atoms with Gasteiger partial charge in [-0.2, -0.15) is 0 Å². The zero-order chi connectivity index (χ0) is 6.62. The van der Waals surface area contributed by atoms with Gasteiger partial charge in [-0.05, 0) is 0 Å². The number of ether oxygens (including phenoxy) is 1. The Morgan fingerprint density at radius 3 is 2.25 bits per heavy atom. The first-order valence-corrected chi connectivity index (χ1v) is 1.97. The molecule has 0 heterocycles. The second kappa shape index (κ2) is 2.66. The van der Waals surface area contributed by atoms with Crippen LogP contribution in [0.4, 0.5) is 0 Å². The largest absolute Gasteiger partial charge is 0.446 e. The van der Waals surface area contributed by atoms with Gasteiger partial charge < -0.3 is 20.1 Å². The first-order valence-electron chi connectivity index (χ1n) is 1.97.